The lowest BCUT2D eigenvalue weighted by Crippen LogP contribution is -2.17. The molecule has 1 atom stereocenters. The molecule has 0 amide bonds. The Morgan fingerprint density at radius 3 is 2.31 bits per heavy atom. The van der Waals surface area contributed by atoms with Crippen molar-refractivity contribution in [3.63, 3.8) is 0 Å². The second-order valence-corrected chi connectivity index (χ2v) is 2.97. The quantitative estimate of drug-likeness (QED) is 0.774. The Balaban J connectivity index is 3.34. The van der Waals surface area contributed by atoms with Gasteiger partial charge in [-0.25, -0.2) is 9.18 Å². The van der Waals surface area contributed by atoms with Gasteiger partial charge in [-0.05, 0) is 12.1 Å². The summed E-state index contributed by atoms with van der Waals surface area (Å²) in [7, 11) is 0. The van der Waals surface area contributed by atoms with Crippen molar-refractivity contribution in [1.29, 1.82) is 0 Å². The van der Waals surface area contributed by atoms with E-state index >= 15 is 0 Å². The van der Waals surface area contributed by atoms with E-state index in [9.17, 15) is 22.4 Å². The number of benzene rings is 1. The maximum atomic E-state index is 12.6. The van der Waals surface area contributed by atoms with Crippen molar-refractivity contribution in [2.75, 3.05) is 0 Å². The van der Waals surface area contributed by atoms with Crippen molar-refractivity contribution >= 4 is 5.97 Å². The molecule has 1 aromatic carbocycles. The van der Waals surface area contributed by atoms with Crippen LogP contribution in [0.5, 0.6) is 0 Å². The molecule has 0 unspecified atom stereocenters. The second-order valence-electron chi connectivity index (χ2n) is 2.97. The summed E-state index contributed by atoms with van der Waals surface area (Å²) in [6.45, 7) is 0. The fraction of sp³-hybridized carbons (Fsp3) is 0.222. The highest BCUT2D eigenvalue weighted by Crippen LogP contribution is 2.35. The van der Waals surface area contributed by atoms with E-state index in [1.165, 1.54) is 0 Å². The lowest BCUT2D eigenvalue weighted by molar-refractivity contribution is -0.149. The number of carbonyl (C=O) groups is 1. The normalized spacial score (nSPS) is 13.6. The van der Waals surface area contributed by atoms with Gasteiger partial charge in [-0.3, -0.25) is 0 Å². The summed E-state index contributed by atoms with van der Waals surface area (Å²) in [5.74, 6) is -2.99. The molecule has 2 N–H and O–H groups in total. The van der Waals surface area contributed by atoms with Crippen LogP contribution in [0.2, 0.25) is 0 Å². The molecule has 16 heavy (non-hydrogen) atoms. The van der Waals surface area contributed by atoms with Crippen molar-refractivity contribution in [1.82, 2.24) is 0 Å². The van der Waals surface area contributed by atoms with E-state index < -0.39 is 35.2 Å². The number of hydrogen-bond acceptors (Lipinski definition) is 2. The predicted molar refractivity (Wildman–Crippen MR) is 44.0 cm³/mol. The first-order valence-electron chi connectivity index (χ1n) is 4.01. The first-order valence-corrected chi connectivity index (χ1v) is 4.01. The van der Waals surface area contributed by atoms with Crippen LogP contribution in [0.15, 0.2) is 18.2 Å². The van der Waals surface area contributed by atoms with E-state index in [1.807, 2.05) is 0 Å². The van der Waals surface area contributed by atoms with Gasteiger partial charge in [0.25, 0.3) is 0 Å². The lowest BCUT2D eigenvalue weighted by atomic mass is 10.0. The highest BCUT2D eigenvalue weighted by Gasteiger charge is 2.36. The van der Waals surface area contributed by atoms with Crippen molar-refractivity contribution < 1.29 is 32.6 Å². The monoisotopic (exact) mass is 238 g/mol. The van der Waals surface area contributed by atoms with Gasteiger partial charge in [0.2, 0.25) is 0 Å². The second kappa shape index (κ2) is 4.09. The zero-order chi connectivity index (χ0) is 12.5. The average Bonchev–Trinajstić information content (AvgIpc) is 2.15. The van der Waals surface area contributed by atoms with Crippen molar-refractivity contribution in [2.45, 2.75) is 12.3 Å². The Bertz CT molecular complexity index is 414. The van der Waals surface area contributed by atoms with Crippen molar-refractivity contribution in [2.24, 2.45) is 0 Å². The van der Waals surface area contributed by atoms with Gasteiger partial charge in [-0.1, -0.05) is 6.07 Å². The molecule has 88 valence electrons. The maximum absolute atomic E-state index is 12.6. The Morgan fingerprint density at radius 2 is 1.88 bits per heavy atom. The molecule has 0 saturated carbocycles. The number of hydrogen-bond donors (Lipinski definition) is 2. The van der Waals surface area contributed by atoms with Crippen molar-refractivity contribution in [3.05, 3.63) is 35.1 Å². The van der Waals surface area contributed by atoms with Gasteiger partial charge < -0.3 is 10.2 Å². The first-order chi connectivity index (χ1) is 7.23. The van der Waals surface area contributed by atoms with Gasteiger partial charge in [0.1, 0.15) is 5.82 Å². The third-order valence-electron chi connectivity index (χ3n) is 1.85. The molecule has 1 aromatic rings. The first kappa shape index (κ1) is 12.4. The van der Waals surface area contributed by atoms with Gasteiger partial charge in [0.15, 0.2) is 6.10 Å². The van der Waals surface area contributed by atoms with Crippen LogP contribution in [-0.4, -0.2) is 16.2 Å². The minimum Gasteiger partial charge on any atom is -0.479 e. The number of carboxylic acid groups (broad SMARTS) is 1. The predicted octanol–water partition coefficient (Wildman–Crippen LogP) is 1.96. The number of aliphatic hydroxyl groups excluding tert-OH is 1. The van der Waals surface area contributed by atoms with Crippen LogP contribution in [0.25, 0.3) is 0 Å². The Morgan fingerprint density at radius 1 is 1.31 bits per heavy atom. The topological polar surface area (TPSA) is 57.5 Å². The lowest BCUT2D eigenvalue weighted by Gasteiger charge is -2.14. The van der Waals surface area contributed by atoms with Crippen LogP contribution in [0.1, 0.15) is 17.2 Å². The third kappa shape index (κ3) is 2.48. The van der Waals surface area contributed by atoms with Gasteiger partial charge in [-0.2, -0.15) is 13.2 Å². The van der Waals surface area contributed by atoms with Crippen LogP contribution >= 0.6 is 0 Å². The number of halogens is 4. The molecule has 0 bridgehead atoms. The SMILES string of the molecule is O=C(O)[C@H](O)c1ccc(F)cc1C(F)(F)F. The highest BCUT2D eigenvalue weighted by molar-refractivity contribution is 5.74. The van der Waals surface area contributed by atoms with E-state index in [1.54, 1.807) is 0 Å². The van der Waals surface area contributed by atoms with Gasteiger partial charge in [0.05, 0.1) is 5.56 Å². The number of aliphatic hydroxyl groups is 1. The van der Waals surface area contributed by atoms with E-state index in [-0.39, 0.29) is 6.07 Å². The molecule has 0 aliphatic carbocycles. The molecule has 0 aliphatic heterocycles. The van der Waals surface area contributed by atoms with Crippen LogP contribution < -0.4 is 0 Å². The third-order valence-corrected chi connectivity index (χ3v) is 1.85. The molecule has 1 rings (SSSR count). The standard InChI is InChI=1S/C9H6F4O3/c10-4-1-2-5(7(14)8(15)16)6(3-4)9(11,12)13/h1-3,7,14H,(H,15,16)/t7-/m1/s1. The van der Waals surface area contributed by atoms with Crippen LogP contribution in [0, 0.1) is 5.82 Å². The summed E-state index contributed by atoms with van der Waals surface area (Å²) in [6, 6.07) is 1.38. The molecular formula is C9H6F4O3. The fourth-order valence-electron chi connectivity index (χ4n) is 1.15. The molecule has 0 fully saturated rings. The molecule has 7 heteroatoms. The summed E-state index contributed by atoms with van der Waals surface area (Å²) >= 11 is 0. The molecule has 0 aromatic heterocycles. The highest BCUT2D eigenvalue weighted by atomic mass is 19.4. The smallest absolute Gasteiger partial charge is 0.416 e. The van der Waals surface area contributed by atoms with Crippen molar-refractivity contribution in [3.8, 4) is 0 Å². The summed E-state index contributed by atoms with van der Waals surface area (Å²) in [5, 5.41) is 17.4. The van der Waals surface area contributed by atoms with Gasteiger partial charge in [0, 0.05) is 5.56 Å². The minimum absolute atomic E-state index is 0.140. The largest absolute Gasteiger partial charge is 0.479 e. The van der Waals surface area contributed by atoms with E-state index in [0.717, 1.165) is 0 Å². The zero-order valence-corrected chi connectivity index (χ0v) is 7.62. The number of aliphatic carboxylic acids is 1. The zero-order valence-electron chi connectivity index (χ0n) is 7.62. The minimum atomic E-state index is -4.92. The summed E-state index contributed by atoms with van der Waals surface area (Å²) in [4.78, 5) is 10.4. The molecule has 0 heterocycles. The Labute approximate surface area is 86.9 Å². The van der Waals surface area contributed by atoms with E-state index in [4.69, 9.17) is 10.2 Å². The number of alkyl halides is 3. The van der Waals surface area contributed by atoms with Crippen LogP contribution in [-0.2, 0) is 11.0 Å². The maximum Gasteiger partial charge on any atom is 0.416 e. The molecule has 0 saturated heterocycles. The van der Waals surface area contributed by atoms with Crippen LogP contribution in [0.3, 0.4) is 0 Å². The molecule has 0 spiro atoms. The molecule has 0 aliphatic rings. The van der Waals surface area contributed by atoms with Crippen LogP contribution in [0.4, 0.5) is 17.6 Å². The molecule has 0 radical (unpaired) electrons. The van der Waals surface area contributed by atoms with E-state index in [2.05, 4.69) is 0 Å². The number of rotatable bonds is 2. The number of carboxylic acids is 1. The Kier molecular flexibility index (Phi) is 3.18. The fourth-order valence-corrected chi connectivity index (χ4v) is 1.15. The van der Waals surface area contributed by atoms with Gasteiger partial charge >= 0.3 is 12.1 Å². The summed E-state index contributed by atoms with van der Waals surface area (Å²) in [5.41, 5.74) is -2.39. The Hall–Kier alpha value is -1.63. The summed E-state index contributed by atoms with van der Waals surface area (Å²) in [6.07, 6.45) is -7.26. The average molecular weight is 238 g/mol. The van der Waals surface area contributed by atoms with Gasteiger partial charge in [-0.15, -0.1) is 0 Å². The molecular weight excluding hydrogens is 232 g/mol. The molecule has 3 nitrogen and oxygen atoms in total. The van der Waals surface area contributed by atoms with E-state index in [0.29, 0.717) is 12.1 Å². The summed E-state index contributed by atoms with van der Waals surface area (Å²) < 4.78 is 49.8.